The van der Waals surface area contributed by atoms with Gasteiger partial charge in [-0.3, -0.25) is 4.79 Å². The van der Waals surface area contributed by atoms with Gasteiger partial charge in [-0.25, -0.2) is 0 Å². The van der Waals surface area contributed by atoms with Crippen LogP contribution < -0.4 is 10.1 Å². The first kappa shape index (κ1) is 16.9. The van der Waals surface area contributed by atoms with Gasteiger partial charge in [0.15, 0.2) is 0 Å². The monoisotopic (exact) mass is 353 g/mol. The van der Waals surface area contributed by atoms with Crippen LogP contribution >= 0.6 is 0 Å². The van der Waals surface area contributed by atoms with Crippen molar-refractivity contribution in [3.63, 3.8) is 0 Å². The Hall–Kier alpha value is -3.59. The number of amides is 1. The summed E-state index contributed by atoms with van der Waals surface area (Å²) in [6.07, 6.45) is 0. The van der Waals surface area contributed by atoms with Crippen LogP contribution in [0.5, 0.6) is 5.75 Å². The second-order valence-electron chi connectivity index (χ2n) is 6.28. The van der Waals surface area contributed by atoms with E-state index in [0.717, 1.165) is 27.8 Å². The summed E-state index contributed by atoms with van der Waals surface area (Å²) in [6.45, 7) is 0.502. The highest BCUT2D eigenvalue weighted by molar-refractivity contribution is 6.09. The predicted octanol–water partition coefficient (Wildman–Crippen LogP) is 5.67. The van der Waals surface area contributed by atoms with Crippen LogP contribution in [0.2, 0.25) is 0 Å². The third kappa shape index (κ3) is 3.98. The van der Waals surface area contributed by atoms with Gasteiger partial charge in [0.2, 0.25) is 0 Å². The van der Waals surface area contributed by atoms with Gasteiger partial charge >= 0.3 is 0 Å². The van der Waals surface area contributed by atoms with Gasteiger partial charge in [0.05, 0.1) is 0 Å². The number of fused-ring (bicyclic) bond motifs is 1. The van der Waals surface area contributed by atoms with Crippen molar-refractivity contribution in [1.82, 2.24) is 0 Å². The van der Waals surface area contributed by atoms with Crippen LogP contribution in [0.25, 0.3) is 10.8 Å². The summed E-state index contributed by atoms with van der Waals surface area (Å²) < 4.78 is 5.77. The lowest BCUT2D eigenvalue weighted by Crippen LogP contribution is -2.12. The maximum absolute atomic E-state index is 12.6. The molecule has 0 unspecified atom stereocenters. The normalized spacial score (nSPS) is 10.5. The number of carbonyl (C=O) groups excluding carboxylic acids is 1. The molecule has 0 aromatic heterocycles. The van der Waals surface area contributed by atoms with E-state index in [4.69, 9.17) is 4.74 Å². The van der Waals surface area contributed by atoms with Crippen molar-refractivity contribution in [2.45, 2.75) is 6.61 Å². The molecule has 1 amide bonds. The number of hydrogen-bond acceptors (Lipinski definition) is 2. The van der Waals surface area contributed by atoms with Crippen molar-refractivity contribution in [3.8, 4) is 5.75 Å². The van der Waals surface area contributed by atoms with E-state index in [-0.39, 0.29) is 5.91 Å². The topological polar surface area (TPSA) is 38.3 Å². The molecule has 4 aromatic carbocycles. The van der Waals surface area contributed by atoms with Crippen molar-refractivity contribution < 1.29 is 9.53 Å². The molecule has 3 heteroatoms. The first-order valence-electron chi connectivity index (χ1n) is 8.85. The summed E-state index contributed by atoms with van der Waals surface area (Å²) >= 11 is 0. The van der Waals surface area contributed by atoms with Crippen molar-refractivity contribution in [3.05, 3.63) is 108 Å². The lowest BCUT2D eigenvalue weighted by Gasteiger charge is -2.10. The van der Waals surface area contributed by atoms with E-state index in [1.807, 2.05) is 84.9 Å². The molecule has 0 atom stereocenters. The van der Waals surface area contributed by atoms with Crippen LogP contribution in [0.1, 0.15) is 15.9 Å². The molecule has 0 radical (unpaired) electrons. The fourth-order valence-electron chi connectivity index (χ4n) is 2.97. The highest BCUT2D eigenvalue weighted by Gasteiger charge is 2.08. The molecule has 0 bridgehead atoms. The van der Waals surface area contributed by atoms with E-state index in [2.05, 4.69) is 5.32 Å². The van der Waals surface area contributed by atoms with Crippen LogP contribution in [0.4, 0.5) is 5.69 Å². The van der Waals surface area contributed by atoms with Gasteiger partial charge in [0.25, 0.3) is 5.91 Å². The van der Waals surface area contributed by atoms with Crippen molar-refractivity contribution in [2.24, 2.45) is 0 Å². The van der Waals surface area contributed by atoms with E-state index >= 15 is 0 Å². The molecule has 132 valence electrons. The Morgan fingerprint density at radius 2 is 1.44 bits per heavy atom. The maximum Gasteiger partial charge on any atom is 0.255 e. The van der Waals surface area contributed by atoms with E-state index in [0.29, 0.717) is 12.2 Å². The average molecular weight is 353 g/mol. The molecule has 0 aliphatic rings. The fourth-order valence-corrected chi connectivity index (χ4v) is 2.97. The number of carbonyl (C=O) groups is 1. The molecule has 0 saturated heterocycles. The van der Waals surface area contributed by atoms with Gasteiger partial charge in [-0.15, -0.1) is 0 Å². The Bertz CT molecular complexity index is 1050. The van der Waals surface area contributed by atoms with Gasteiger partial charge in [-0.05, 0) is 41.3 Å². The number of rotatable bonds is 5. The molecule has 27 heavy (non-hydrogen) atoms. The molecule has 0 heterocycles. The molecule has 0 fully saturated rings. The third-order valence-electron chi connectivity index (χ3n) is 4.40. The Morgan fingerprint density at radius 3 is 2.26 bits per heavy atom. The summed E-state index contributed by atoms with van der Waals surface area (Å²) in [4.78, 5) is 12.6. The van der Waals surface area contributed by atoms with Crippen LogP contribution in [-0.4, -0.2) is 5.91 Å². The zero-order valence-corrected chi connectivity index (χ0v) is 14.8. The van der Waals surface area contributed by atoms with Crippen LogP contribution in [0.3, 0.4) is 0 Å². The number of hydrogen-bond donors (Lipinski definition) is 1. The number of nitrogens with one attached hydrogen (secondary N) is 1. The van der Waals surface area contributed by atoms with Gasteiger partial charge in [-0.2, -0.15) is 0 Å². The van der Waals surface area contributed by atoms with Crippen molar-refractivity contribution >= 4 is 22.4 Å². The van der Waals surface area contributed by atoms with Gasteiger partial charge in [-0.1, -0.05) is 66.7 Å². The number of anilines is 1. The number of benzene rings is 4. The summed E-state index contributed by atoms with van der Waals surface area (Å²) in [5.41, 5.74) is 2.51. The van der Waals surface area contributed by atoms with E-state index in [9.17, 15) is 4.79 Å². The molecule has 3 nitrogen and oxygen atoms in total. The summed E-state index contributed by atoms with van der Waals surface area (Å²) in [5, 5.41) is 5.12. The van der Waals surface area contributed by atoms with E-state index in [1.165, 1.54) is 0 Å². The molecule has 4 aromatic rings. The van der Waals surface area contributed by atoms with Crippen LogP contribution in [-0.2, 0) is 6.61 Å². The Balaban J connectivity index is 1.44. The van der Waals surface area contributed by atoms with Crippen molar-refractivity contribution in [2.75, 3.05) is 5.32 Å². The Morgan fingerprint density at radius 1 is 0.741 bits per heavy atom. The molecule has 0 saturated carbocycles. The molecule has 4 rings (SSSR count). The van der Waals surface area contributed by atoms with E-state index in [1.54, 1.807) is 12.1 Å². The van der Waals surface area contributed by atoms with Crippen LogP contribution in [0, 0.1) is 0 Å². The third-order valence-corrected chi connectivity index (χ3v) is 4.40. The Kier molecular flexibility index (Phi) is 4.84. The first-order chi connectivity index (χ1) is 13.3. The lowest BCUT2D eigenvalue weighted by molar-refractivity contribution is 0.102. The van der Waals surface area contributed by atoms with Crippen molar-refractivity contribution in [1.29, 1.82) is 0 Å². The minimum atomic E-state index is -0.138. The first-order valence-corrected chi connectivity index (χ1v) is 8.85. The smallest absolute Gasteiger partial charge is 0.255 e. The summed E-state index contributed by atoms with van der Waals surface area (Å²) in [5.74, 6) is 0.599. The number of ether oxygens (including phenoxy) is 1. The standard InChI is InChI=1S/C24H19NO2/c26-24(25-23-12-6-10-19-9-4-5-11-22(19)23)20-13-15-21(16-14-20)27-17-18-7-2-1-3-8-18/h1-16H,17H2,(H,25,26). The molecular weight excluding hydrogens is 334 g/mol. The lowest BCUT2D eigenvalue weighted by atomic mass is 10.1. The minimum absolute atomic E-state index is 0.138. The van der Waals surface area contributed by atoms with Gasteiger partial charge in [0, 0.05) is 16.6 Å². The zero-order valence-electron chi connectivity index (χ0n) is 14.8. The second kappa shape index (κ2) is 7.75. The quantitative estimate of drug-likeness (QED) is 0.502. The summed E-state index contributed by atoms with van der Waals surface area (Å²) in [6, 6.07) is 31.1. The largest absolute Gasteiger partial charge is 0.489 e. The Labute approximate surface area is 158 Å². The van der Waals surface area contributed by atoms with Crippen LogP contribution in [0.15, 0.2) is 97.1 Å². The minimum Gasteiger partial charge on any atom is -0.489 e. The molecular formula is C24H19NO2. The second-order valence-corrected chi connectivity index (χ2v) is 6.28. The highest BCUT2D eigenvalue weighted by atomic mass is 16.5. The maximum atomic E-state index is 12.6. The zero-order chi connectivity index (χ0) is 18.5. The van der Waals surface area contributed by atoms with Gasteiger partial charge in [0.1, 0.15) is 12.4 Å². The molecule has 0 aliphatic heterocycles. The average Bonchev–Trinajstić information content (AvgIpc) is 2.74. The summed E-state index contributed by atoms with van der Waals surface area (Å²) in [7, 11) is 0. The van der Waals surface area contributed by atoms with Gasteiger partial charge < -0.3 is 10.1 Å². The van der Waals surface area contributed by atoms with E-state index < -0.39 is 0 Å². The SMILES string of the molecule is O=C(Nc1cccc2ccccc12)c1ccc(OCc2ccccc2)cc1. The molecule has 0 aliphatic carbocycles. The molecule has 0 spiro atoms. The fraction of sp³-hybridized carbons (Fsp3) is 0.0417. The predicted molar refractivity (Wildman–Crippen MR) is 109 cm³/mol. The molecule has 1 N–H and O–H groups in total. The highest BCUT2D eigenvalue weighted by Crippen LogP contribution is 2.24.